The van der Waals surface area contributed by atoms with Gasteiger partial charge in [-0.05, 0) is 31.0 Å². The number of benzene rings is 1. The topological polar surface area (TPSA) is 74.1 Å². The van der Waals surface area contributed by atoms with Gasteiger partial charge in [-0.1, -0.05) is 30.3 Å². The summed E-state index contributed by atoms with van der Waals surface area (Å²) in [7, 11) is 0. The Morgan fingerprint density at radius 3 is 2.78 bits per heavy atom. The summed E-state index contributed by atoms with van der Waals surface area (Å²) < 4.78 is 5.23. The molecule has 0 spiro atoms. The second-order valence-corrected chi connectivity index (χ2v) is 5.69. The Kier molecular flexibility index (Phi) is 4.90. The van der Waals surface area contributed by atoms with E-state index in [-0.39, 0.29) is 6.04 Å². The zero-order valence-electron chi connectivity index (χ0n) is 13.1. The molecule has 0 amide bonds. The molecular formula is C18H21N3O2. The van der Waals surface area contributed by atoms with Crippen LogP contribution in [0.1, 0.15) is 30.8 Å². The third-order valence-electron chi connectivity index (χ3n) is 3.87. The molecule has 3 aromatic rings. The molecule has 0 saturated carbocycles. The second-order valence-electron chi connectivity index (χ2n) is 5.69. The van der Waals surface area contributed by atoms with Crippen LogP contribution < -0.4 is 5.32 Å². The fraction of sp³-hybridized carbons (Fsp3) is 0.278. The van der Waals surface area contributed by atoms with Gasteiger partial charge in [-0.3, -0.25) is 5.10 Å². The van der Waals surface area contributed by atoms with Crippen molar-refractivity contribution in [3.05, 3.63) is 66.2 Å². The number of furan rings is 1. The molecule has 5 nitrogen and oxygen atoms in total. The Morgan fingerprint density at radius 1 is 1.22 bits per heavy atom. The van der Waals surface area contributed by atoms with Crippen molar-refractivity contribution >= 4 is 0 Å². The van der Waals surface area contributed by atoms with E-state index < -0.39 is 6.10 Å². The number of nitrogens with zero attached hydrogens (tertiary/aromatic N) is 1. The summed E-state index contributed by atoms with van der Waals surface area (Å²) in [6.45, 7) is 2.74. The minimum atomic E-state index is -0.592. The summed E-state index contributed by atoms with van der Waals surface area (Å²) in [4.78, 5) is 0. The van der Waals surface area contributed by atoms with Gasteiger partial charge < -0.3 is 14.8 Å². The molecule has 2 atom stereocenters. The monoisotopic (exact) mass is 311 g/mol. The average molecular weight is 311 g/mol. The first-order valence-electron chi connectivity index (χ1n) is 7.76. The summed E-state index contributed by atoms with van der Waals surface area (Å²) in [6, 6.07) is 13.9. The molecule has 0 aliphatic rings. The van der Waals surface area contributed by atoms with E-state index in [1.165, 1.54) is 0 Å². The van der Waals surface area contributed by atoms with Crippen LogP contribution in [0.2, 0.25) is 0 Å². The first-order valence-corrected chi connectivity index (χ1v) is 7.76. The van der Waals surface area contributed by atoms with Crippen LogP contribution in [0.15, 0.2) is 59.3 Å². The maximum atomic E-state index is 10.1. The fourth-order valence-corrected chi connectivity index (χ4v) is 2.60. The smallest absolute Gasteiger partial charge is 0.132 e. The van der Waals surface area contributed by atoms with Crippen LogP contribution in [0.3, 0.4) is 0 Å². The average Bonchev–Trinajstić information content (AvgIpc) is 3.25. The zero-order chi connectivity index (χ0) is 16.1. The predicted octanol–water partition coefficient (Wildman–Crippen LogP) is 3.27. The number of hydrogen-bond donors (Lipinski definition) is 3. The summed E-state index contributed by atoms with van der Waals surface area (Å²) >= 11 is 0. The Bertz CT molecular complexity index is 707. The van der Waals surface area contributed by atoms with E-state index in [0.717, 1.165) is 16.8 Å². The van der Waals surface area contributed by atoms with Gasteiger partial charge in [0.05, 0.1) is 18.2 Å². The Balaban J connectivity index is 1.58. The largest absolute Gasteiger partial charge is 0.467 e. The van der Waals surface area contributed by atoms with Crippen molar-refractivity contribution in [1.29, 1.82) is 0 Å². The summed E-state index contributed by atoms with van der Waals surface area (Å²) in [6.07, 6.45) is 3.41. The lowest BCUT2D eigenvalue weighted by molar-refractivity contribution is 0.128. The van der Waals surface area contributed by atoms with Crippen LogP contribution in [0, 0.1) is 0 Å². The number of aliphatic hydroxyl groups excluding tert-OH is 1. The number of aromatic nitrogens is 2. The van der Waals surface area contributed by atoms with Gasteiger partial charge in [0.25, 0.3) is 0 Å². The Labute approximate surface area is 135 Å². The Morgan fingerprint density at radius 2 is 2.04 bits per heavy atom. The summed E-state index contributed by atoms with van der Waals surface area (Å²) in [5, 5.41) is 20.7. The molecule has 1 aromatic carbocycles. The number of H-pyrrole nitrogens is 1. The molecule has 0 radical (unpaired) electrons. The van der Waals surface area contributed by atoms with Gasteiger partial charge in [0.15, 0.2) is 0 Å². The van der Waals surface area contributed by atoms with Gasteiger partial charge in [0.1, 0.15) is 11.9 Å². The molecule has 23 heavy (non-hydrogen) atoms. The quantitative estimate of drug-likeness (QED) is 0.626. The highest BCUT2D eigenvalue weighted by molar-refractivity contribution is 5.62. The van der Waals surface area contributed by atoms with Crippen molar-refractivity contribution in [3.63, 3.8) is 0 Å². The Hall–Kier alpha value is -2.37. The van der Waals surface area contributed by atoms with Crippen LogP contribution in [-0.4, -0.2) is 21.3 Å². The van der Waals surface area contributed by atoms with Crippen molar-refractivity contribution in [2.45, 2.75) is 32.0 Å². The van der Waals surface area contributed by atoms with E-state index >= 15 is 0 Å². The molecule has 2 heterocycles. The SMILES string of the molecule is CC(CC(O)c1ccco1)NCc1cn[nH]c1-c1ccccc1. The maximum absolute atomic E-state index is 10.1. The van der Waals surface area contributed by atoms with Gasteiger partial charge in [-0.25, -0.2) is 0 Å². The van der Waals surface area contributed by atoms with E-state index in [9.17, 15) is 5.11 Å². The molecule has 0 saturated heterocycles. The van der Waals surface area contributed by atoms with Crippen molar-refractivity contribution in [1.82, 2.24) is 15.5 Å². The number of aliphatic hydroxyl groups is 1. The third kappa shape index (κ3) is 3.88. The number of aromatic amines is 1. The van der Waals surface area contributed by atoms with Crippen LogP contribution >= 0.6 is 0 Å². The first kappa shape index (κ1) is 15.5. The highest BCUT2D eigenvalue weighted by Gasteiger charge is 2.15. The fourth-order valence-electron chi connectivity index (χ4n) is 2.60. The van der Waals surface area contributed by atoms with Crippen LogP contribution in [0.25, 0.3) is 11.3 Å². The predicted molar refractivity (Wildman–Crippen MR) is 88.6 cm³/mol. The molecule has 2 aromatic heterocycles. The molecule has 2 unspecified atom stereocenters. The van der Waals surface area contributed by atoms with Gasteiger partial charge in [0, 0.05) is 18.2 Å². The zero-order valence-corrected chi connectivity index (χ0v) is 13.1. The standard InChI is InChI=1S/C18H21N3O2/c1-13(10-16(22)17-8-5-9-23-17)19-11-15-12-20-21-18(15)14-6-3-2-4-7-14/h2-9,12-13,16,19,22H,10-11H2,1H3,(H,20,21). The molecule has 0 fully saturated rings. The van der Waals surface area contributed by atoms with Crippen molar-refractivity contribution in [3.8, 4) is 11.3 Å². The normalized spacial score (nSPS) is 13.8. The summed E-state index contributed by atoms with van der Waals surface area (Å²) in [5.41, 5.74) is 3.25. The van der Waals surface area contributed by atoms with Crippen LogP contribution in [-0.2, 0) is 6.54 Å². The molecule has 3 N–H and O–H groups in total. The number of rotatable bonds is 7. The lowest BCUT2D eigenvalue weighted by Gasteiger charge is -2.16. The molecule has 0 aliphatic heterocycles. The lowest BCUT2D eigenvalue weighted by Crippen LogP contribution is -2.27. The third-order valence-corrected chi connectivity index (χ3v) is 3.87. The van der Waals surface area contributed by atoms with Gasteiger partial charge in [0.2, 0.25) is 0 Å². The van der Waals surface area contributed by atoms with Gasteiger partial charge in [-0.2, -0.15) is 5.10 Å². The van der Waals surface area contributed by atoms with Crippen LogP contribution in [0.5, 0.6) is 0 Å². The number of hydrogen-bond acceptors (Lipinski definition) is 4. The van der Waals surface area contributed by atoms with E-state index in [2.05, 4.69) is 34.6 Å². The van der Waals surface area contributed by atoms with Gasteiger partial charge in [-0.15, -0.1) is 0 Å². The van der Waals surface area contributed by atoms with E-state index in [1.807, 2.05) is 24.4 Å². The van der Waals surface area contributed by atoms with Crippen molar-refractivity contribution < 1.29 is 9.52 Å². The minimum Gasteiger partial charge on any atom is -0.467 e. The molecule has 3 rings (SSSR count). The molecular weight excluding hydrogens is 290 g/mol. The highest BCUT2D eigenvalue weighted by atomic mass is 16.4. The summed E-state index contributed by atoms with van der Waals surface area (Å²) in [5.74, 6) is 0.604. The van der Waals surface area contributed by atoms with Gasteiger partial charge >= 0.3 is 0 Å². The maximum Gasteiger partial charge on any atom is 0.132 e. The van der Waals surface area contributed by atoms with Crippen molar-refractivity contribution in [2.75, 3.05) is 0 Å². The molecule has 0 aliphatic carbocycles. The molecule has 0 bridgehead atoms. The molecule has 5 heteroatoms. The highest BCUT2D eigenvalue weighted by Crippen LogP contribution is 2.22. The second kappa shape index (κ2) is 7.26. The number of nitrogens with one attached hydrogen (secondary N) is 2. The molecule has 120 valence electrons. The van der Waals surface area contributed by atoms with E-state index in [4.69, 9.17) is 4.42 Å². The first-order chi connectivity index (χ1) is 11.2. The minimum absolute atomic E-state index is 0.147. The van der Waals surface area contributed by atoms with Crippen LogP contribution in [0.4, 0.5) is 0 Å². The lowest BCUT2D eigenvalue weighted by atomic mass is 10.1. The van der Waals surface area contributed by atoms with E-state index in [0.29, 0.717) is 18.7 Å². The van der Waals surface area contributed by atoms with E-state index in [1.54, 1.807) is 18.4 Å². The van der Waals surface area contributed by atoms with Crippen molar-refractivity contribution in [2.24, 2.45) is 0 Å².